The van der Waals surface area contributed by atoms with Gasteiger partial charge in [0.2, 0.25) is 0 Å². The van der Waals surface area contributed by atoms with Gasteiger partial charge in [-0.05, 0) is 5.92 Å². The molecule has 0 aromatic heterocycles. The Bertz CT molecular complexity index is 240. The molecule has 1 saturated heterocycles. The number of aliphatic hydroxyl groups is 2. The molecule has 0 amide bonds. The molecule has 0 aliphatic carbocycles. The van der Waals surface area contributed by atoms with E-state index in [2.05, 4.69) is 0 Å². The second kappa shape index (κ2) is 4.47. The quantitative estimate of drug-likeness (QED) is 0.636. The molecule has 1 rings (SSSR count). The van der Waals surface area contributed by atoms with Gasteiger partial charge in [-0.3, -0.25) is 4.79 Å². The van der Waals surface area contributed by atoms with Gasteiger partial charge in [0, 0.05) is 12.8 Å². The number of rotatable bonds is 3. The highest BCUT2D eigenvalue weighted by Gasteiger charge is 2.41. The summed E-state index contributed by atoms with van der Waals surface area (Å²) in [5.41, 5.74) is -1.35. The van der Waals surface area contributed by atoms with Crippen LogP contribution >= 0.6 is 0 Å². The van der Waals surface area contributed by atoms with Crippen LogP contribution in [0, 0.1) is 5.92 Å². The van der Waals surface area contributed by atoms with E-state index in [1.807, 2.05) is 13.8 Å². The standard InChI is InChI=1S/C10H18O5/c1-6(2)7-3-10(14,4-8(11)12)5-9(13)15-7/h6-7,9,13-14H,3-5H2,1-2H3,(H,11,12). The van der Waals surface area contributed by atoms with E-state index >= 15 is 0 Å². The van der Waals surface area contributed by atoms with Crippen molar-refractivity contribution in [2.75, 3.05) is 0 Å². The first kappa shape index (κ1) is 12.4. The molecule has 0 spiro atoms. The fraction of sp³-hybridized carbons (Fsp3) is 0.900. The first-order chi connectivity index (χ1) is 6.82. The average molecular weight is 218 g/mol. The number of ether oxygens (including phenoxy) is 1. The molecule has 3 N–H and O–H groups in total. The molecule has 0 aromatic carbocycles. The van der Waals surface area contributed by atoms with Crippen LogP contribution in [0.15, 0.2) is 0 Å². The molecule has 1 aliphatic rings. The molecule has 0 saturated carbocycles. The summed E-state index contributed by atoms with van der Waals surface area (Å²) in [5, 5.41) is 28.1. The Kier molecular flexibility index (Phi) is 3.70. The zero-order valence-electron chi connectivity index (χ0n) is 9.01. The molecular weight excluding hydrogens is 200 g/mol. The van der Waals surface area contributed by atoms with Crippen LogP contribution in [0.25, 0.3) is 0 Å². The van der Waals surface area contributed by atoms with Crippen LogP contribution in [0.1, 0.15) is 33.1 Å². The van der Waals surface area contributed by atoms with E-state index < -0.39 is 17.9 Å². The lowest BCUT2D eigenvalue weighted by Crippen LogP contribution is -2.48. The molecule has 1 aliphatic heterocycles. The highest BCUT2D eigenvalue weighted by molar-refractivity contribution is 5.68. The zero-order chi connectivity index (χ0) is 11.6. The van der Waals surface area contributed by atoms with Gasteiger partial charge < -0.3 is 20.1 Å². The monoisotopic (exact) mass is 218 g/mol. The van der Waals surface area contributed by atoms with Crippen molar-refractivity contribution in [3.05, 3.63) is 0 Å². The summed E-state index contributed by atoms with van der Waals surface area (Å²) in [6, 6.07) is 0. The van der Waals surface area contributed by atoms with E-state index in [1.165, 1.54) is 0 Å². The van der Waals surface area contributed by atoms with Crippen molar-refractivity contribution in [1.29, 1.82) is 0 Å². The topological polar surface area (TPSA) is 87.0 Å². The number of carbonyl (C=O) groups is 1. The fourth-order valence-electron chi connectivity index (χ4n) is 1.90. The van der Waals surface area contributed by atoms with E-state index in [-0.39, 0.29) is 31.3 Å². The summed E-state index contributed by atoms with van der Waals surface area (Å²) in [7, 11) is 0. The number of aliphatic hydroxyl groups excluding tert-OH is 1. The van der Waals surface area contributed by atoms with Crippen LogP contribution in [0.2, 0.25) is 0 Å². The van der Waals surface area contributed by atoms with Gasteiger partial charge >= 0.3 is 5.97 Å². The van der Waals surface area contributed by atoms with Gasteiger partial charge in [0.15, 0.2) is 6.29 Å². The van der Waals surface area contributed by atoms with E-state index in [0.717, 1.165) is 0 Å². The minimum atomic E-state index is -1.35. The Morgan fingerprint density at radius 1 is 1.53 bits per heavy atom. The van der Waals surface area contributed by atoms with Gasteiger partial charge in [-0.25, -0.2) is 0 Å². The molecule has 0 aromatic rings. The van der Waals surface area contributed by atoms with E-state index in [1.54, 1.807) is 0 Å². The van der Waals surface area contributed by atoms with Crippen LogP contribution in [-0.4, -0.2) is 39.3 Å². The minimum Gasteiger partial charge on any atom is -0.481 e. The Morgan fingerprint density at radius 2 is 2.13 bits per heavy atom. The third-order valence-corrected chi connectivity index (χ3v) is 2.69. The average Bonchev–Trinajstić information content (AvgIpc) is 1.98. The normalized spacial score (nSPS) is 36.9. The largest absolute Gasteiger partial charge is 0.481 e. The van der Waals surface area contributed by atoms with Gasteiger partial charge in [0.25, 0.3) is 0 Å². The Morgan fingerprint density at radius 3 is 2.60 bits per heavy atom. The van der Waals surface area contributed by atoms with Crippen molar-refractivity contribution in [3.63, 3.8) is 0 Å². The van der Waals surface area contributed by atoms with Gasteiger partial charge in [0.05, 0.1) is 18.1 Å². The highest BCUT2D eigenvalue weighted by Crippen LogP contribution is 2.33. The van der Waals surface area contributed by atoms with Crippen molar-refractivity contribution < 1.29 is 24.9 Å². The predicted molar refractivity (Wildman–Crippen MR) is 52.2 cm³/mol. The van der Waals surface area contributed by atoms with Crippen molar-refractivity contribution in [1.82, 2.24) is 0 Å². The molecule has 0 radical (unpaired) electrons. The van der Waals surface area contributed by atoms with Crippen LogP contribution in [0.4, 0.5) is 0 Å². The lowest BCUT2D eigenvalue weighted by Gasteiger charge is -2.40. The first-order valence-corrected chi connectivity index (χ1v) is 5.10. The second-order valence-corrected chi connectivity index (χ2v) is 4.58. The van der Waals surface area contributed by atoms with Crippen molar-refractivity contribution in [3.8, 4) is 0 Å². The van der Waals surface area contributed by atoms with Crippen LogP contribution in [0.3, 0.4) is 0 Å². The summed E-state index contributed by atoms with van der Waals surface area (Å²) in [5.74, 6) is -0.922. The van der Waals surface area contributed by atoms with Gasteiger partial charge in [0.1, 0.15) is 0 Å². The molecule has 1 heterocycles. The van der Waals surface area contributed by atoms with Crippen LogP contribution < -0.4 is 0 Å². The summed E-state index contributed by atoms with van der Waals surface area (Å²) >= 11 is 0. The molecule has 15 heavy (non-hydrogen) atoms. The number of hydrogen-bond acceptors (Lipinski definition) is 4. The molecular formula is C10H18O5. The predicted octanol–water partition coefficient (Wildman–Crippen LogP) is 0.346. The number of aliphatic carboxylic acids is 1. The Balaban J connectivity index is 2.69. The number of hydrogen-bond donors (Lipinski definition) is 3. The van der Waals surface area contributed by atoms with E-state index in [9.17, 15) is 15.0 Å². The molecule has 5 nitrogen and oxygen atoms in total. The molecule has 5 heteroatoms. The number of carboxylic acid groups (broad SMARTS) is 1. The maximum atomic E-state index is 10.6. The maximum absolute atomic E-state index is 10.6. The Hall–Kier alpha value is -0.650. The van der Waals surface area contributed by atoms with Crippen molar-refractivity contribution >= 4 is 5.97 Å². The molecule has 88 valence electrons. The summed E-state index contributed by atoms with van der Waals surface area (Å²) < 4.78 is 5.23. The smallest absolute Gasteiger partial charge is 0.306 e. The van der Waals surface area contributed by atoms with Crippen molar-refractivity contribution in [2.45, 2.75) is 51.1 Å². The van der Waals surface area contributed by atoms with E-state index in [4.69, 9.17) is 9.84 Å². The Labute approximate surface area is 88.7 Å². The third kappa shape index (κ3) is 3.44. The van der Waals surface area contributed by atoms with Crippen LogP contribution in [-0.2, 0) is 9.53 Å². The van der Waals surface area contributed by atoms with Gasteiger partial charge in [-0.2, -0.15) is 0 Å². The molecule has 0 bridgehead atoms. The van der Waals surface area contributed by atoms with Crippen molar-refractivity contribution in [2.24, 2.45) is 5.92 Å². The minimum absolute atomic E-state index is 0.0392. The summed E-state index contributed by atoms with van der Waals surface area (Å²) in [6.07, 6.45) is -1.50. The van der Waals surface area contributed by atoms with Gasteiger partial charge in [-0.15, -0.1) is 0 Å². The second-order valence-electron chi connectivity index (χ2n) is 4.58. The summed E-state index contributed by atoms with van der Waals surface area (Å²) in [4.78, 5) is 10.6. The maximum Gasteiger partial charge on any atom is 0.306 e. The highest BCUT2D eigenvalue weighted by atomic mass is 16.6. The zero-order valence-corrected chi connectivity index (χ0v) is 9.01. The SMILES string of the molecule is CC(C)C1CC(O)(CC(=O)O)CC(O)O1. The van der Waals surface area contributed by atoms with Crippen LogP contribution in [0.5, 0.6) is 0 Å². The fourth-order valence-corrected chi connectivity index (χ4v) is 1.90. The number of carboxylic acids is 1. The van der Waals surface area contributed by atoms with Gasteiger partial charge in [-0.1, -0.05) is 13.8 Å². The lowest BCUT2D eigenvalue weighted by atomic mass is 9.83. The summed E-state index contributed by atoms with van der Waals surface area (Å²) in [6.45, 7) is 3.81. The lowest BCUT2D eigenvalue weighted by molar-refractivity contribution is -0.229. The first-order valence-electron chi connectivity index (χ1n) is 5.10. The molecule has 1 fully saturated rings. The van der Waals surface area contributed by atoms with E-state index in [0.29, 0.717) is 0 Å². The third-order valence-electron chi connectivity index (χ3n) is 2.69. The molecule has 3 atom stereocenters. The molecule has 3 unspecified atom stereocenters.